The molecule has 1 atom stereocenters. The quantitative estimate of drug-likeness (QED) is 0.838. The van der Waals surface area contributed by atoms with E-state index in [1.54, 1.807) is 0 Å². The highest BCUT2D eigenvalue weighted by Gasteiger charge is 2.28. The van der Waals surface area contributed by atoms with Crippen LogP contribution in [-0.4, -0.2) is 28.4 Å². The van der Waals surface area contributed by atoms with E-state index in [2.05, 4.69) is 22.7 Å². The normalized spacial score (nSPS) is 25.2. The maximum Gasteiger partial charge on any atom is 0.0860 e. The molecule has 2 heterocycles. The first-order valence-corrected chi connectivity index (χ1v) is 6.03. The van der Waals surface area contributed by atoms with E-state index in [4.69, 9.17) is 11.6 Å². The molecular weight excluding hydrogens is 224 g/mol. The second-order valence-electron chi connectivity index (χ2n) is 4.81. The maximum atomic E-state index is 6.21. The molecule has 1 unspecified atom stereocenters. The van der Waals surface area contributed by atoms with Crippen molar-refractivity contribution in [2.75, 3.05) is 13.1 Å². The van der Waals surface area contributed by atoms with Gasteiger partial charge in [0.15, 0.2) is 0 Å². The van der Waals surface area contributed by atoms with Crippen LogP contribution >= 0.6 is 11.6 Å². The molecule has 2 N–H and O–H groups in total. The highest BCUT2D eigenvalue weighted by molar-refractivity contribution is 6.31. The molecule has 0 radical (unpaired) electrons. The lowest BCUT2D eigenvalue weighted by Gasteiger charge is -2.24. The van der Waals surface area contributed by atoms with E-state index in [1.165, 1.54) is 0 Å². The van der Waals surface area contributed by atoms with Gasteiger partial charge in [-0.2, -0.15) is 5.10 Å². The first kappa shape index (κ1) is 11.9. The summed E-state index contributed by atoms with van der Waals surface area (Å²) < 4.78 is 1.86. The van der Waals surface area contributed by atoms with E-state index >= 15 is 0 Å². The van der Waals surface area contributed by atoms with Crippen LogP contribution in [0.4, 0.5) is 0 Å². The third-order valence-electron chi connectivity index (χ3n) is 3.31. The summed E-state index contributed by atoms with van der Waals surface area (Å²) >= 11 is 6.21. The van der Waals surface area contributed by atoms with Gasteiger partial charge in [-0.3, -0.25) is 4.68 Å². The number of halogens is 1. The van der Waals surface area contributed by atoms with Crippen LogP contribution in [0.2, 0.25) is 5.02 Å². The summed E-state index contributed by atoms with van der Waals surface area (Å²) in [6, 6.07) is 0. The summed E-state index contributed by atoms with van der Waals surface area (Å²) in [4.78, 5) is 0. The zero-order valence-corrected chi connectivity index (χ0v) is 10.9. The Hall–Kier alpha value is -0.580. The molecule has 1 aliphatic rings. The van der Waals surface area contributed by atoms with Crippen LogP contribution < -0.4 is 10.6 Å². The molecule has 2 rings (SSSR count). The molecule has 4 nitrogen and oxygen atoms in total. The van der Waals surface area contributed by atoms with Gasteiger partial charge >= 0.3 is 0 Å². The molecule has 90 valence electrons. The van der Waals surface area contributed by atoms with Gasteiger partial charge in [0.25, 0.3) is 0 Å². The topological polar surface area (TPSA) is 41.9 Å². The van der Waals surface area contributed by atoms with Gasteiger partial charge in [-0.15, -0.1) is 0 Å². The van der Waals surface area contributed by atoms with Gasteiger partial charge in [-0.1, -0.05) is 11.6 Å². The first-order valence-electron chi connectivity index (χ1n) is 5.65. The summed E-state index contributed by atoms with van der Waals surface area (Å²) in [7, 11) is 1.94. The van der Waals surface area contributed by atoms with E-state index < -0.39 is 0 Å². The van der Waals surface area contributed by atoms with Crippen LogP contribution in [0, 0.1) is 6.92 Å². The maximum absolute atomic E-state index is 6.21. The Morgan fingerprint density at radius 2 is 2.38 bits per heavy atom. The van der Waals surface area contributed by atoms with Crippen molar-refractivity contribution in [3.63, 3.8) is 0 Å². The number of rotatable bonds is 3. The van der Waals surface area contributed by atoms with Crippen LogP contribution in [0.5, 0.6) is 0 Å². The number of nitrogens with zero attached hydrogens (tertiary/aromatic N) is 2. The minimum atomic E-state index is 0.182. The summed E-state index contributed by atoms with van der Waals surface area (Å²) in [6.45, 7) is 7.05. The van der Waals surface area contributed by atoms with Crippen molar-refractivity contribution in [3.05, 3.63) is 16.4 Å². The van der Waals surface area contributed by atoms with Crippen molar-refractivity contribution >= 4 is 11.6 Å². The molecule has 0 aliphatic carbocycles. The van der Waals surface area contributed by atoms with Gasteiger partial charge < -0.3 is 10.6 Å². The number of hydrogen-bond acceptors (Lipinski definition) is 3. The number of aryl methyl sites for hydroxylation is 2. The lowest BCUT2D eigenvalue weighted by molar-refractivity contribution is 0.379. The van der Waals surface area contributed by atoms with Crippen LogP contribution in [0.25, 0.3) is 0 Å². The first-order chi connectivity index (χ1) is 7.52. The molecule has 0 saturated carbocycles. The molecule has 0 amide bonds. The van der Waals surface area contributed by atoms with E-state index in [-0.39, 0.29) is 5.54 Å². The summed E-state index contributed by atoms with van der Waals surface area (Å²) in [5, 5.41) is 12.0. The Morgan fingerprint density at radius 3 is 2.88 bits per heavy atom. The SMILES string of the molecule is Cc1nn(C)c(CNC2(C)CCNC2)c1Cl. The highest BCUT2D eigenvalue weighted by Crippen LogP contribution is 2.21. The van der Waals surface area contributed by atoms with E-state index in [1.807, 2.05) is 18.7 Å². The standard InChI is InChI=1S/C11H19ClN4/c1-8-10(12)9(16(3)15-8)6-14-11(2)4-5-13-7-11/h13-14H,4-7H2,1-3H3. The monoisotopic (exact) mass is 242 g/mol. The zero-order valence-electron chi connectivity index (χ0n) is 10.1. The van der Waals surface area contributed by atoms with Gasteiger partial charge in [-0.05, 0) is 26.8 Å². The fraction of sp³-hybridized carbons (Fsp3) is 0.727. The molecular formula is C11H19ClN4. The van der Waals surface area contributed by atoms with E-state index in [9.17, 15) is 0 Å². The van der Waals surface area contributed by atoms with Crippen LogP contribution in [0.15, 0.2) is 0 Å². The summed E-state index contributed by atoms with van der Waals surface area (Å²) in [6.07, 6.45) is 1.15. The van der Waals surface area contributed by atoms with Gasteiger partial charge in [0, 0.05) is 25.7 Å². The summed E-state index contributed by atoms with van der Waals surface area (Å²) in [5.41, 5.74) is 2.14. The van der Waals surface area contributed by atoms with Crippen molar-refractivity contribution < 1.29 is 0 Å². The minimum absolute atomic E-state index is 0.182. The molecule has 1 fully saturated rings. The zero-order chi connectivity index (χ0) is 11.8. The van der Waals surface area contributed by atoms with Gasteiger partial charge in [0.2, 0.25) is 0 Å². The smallest absolute Gasteiger partial charge is 0.0860 e. The Bertz CT molecular complexity index is 380. The van der Waals surface area contributed by atoms with Gasteiger partial charge in [0.05, 0.1) is 16.4 Å². The largest absolute Gasteiger partial charge is 0.315 e. The number of hydrogen-bond donors (Lipinski definition) is 2. The van der Waals surface area contributed by atoms with E-state index in [0.717, 1.165) is 42.5 Å². The Balaban J connectivity index is 2.04. The van der Waals surface area contributed by atoms with Crippen molar-refractivity contribution in [2.24, 2.45) is 7.05 Å². The molecule has 1 aliphatic heterocycles. The minimum Gasteiger partial charge on any atom is -0.315 e. The van der Waals surface area contributed by atoms with Crippen LogP contribution in [0.3, 0.4) is 0 Å². The number of aromatic nitrogens is 2. The predicted molar refractivity (Wildman–Crippen MR) is 65.7 cm³/mol. The van der Waals surface area contributed by atoms with Crippen LogP contribution in [-0.2, 0) is 13.6 Å². The average molecular weight is 243 g/mol. The Morgan fingerprint density at radius 1 is 1.62 bits per heavy atom. The average Bonchev–Trinajstić information content (AvgIpc) is 2.73. The van der Waals surface area contributed by atoms with E-state index in [0.29, 0.717) is 0 Å². The lowest BCUT2D eigenvalue weighted by atomic mass is 10.0. The Labute approximate surface area is 101 Å². The fourth-order valence-corrected chi connectivity index (χ4v) is 2.36. The molecule has 1 aromatic heterocycles. The lowest BCUT2D eigenvalue weighted by Crippen LogP contribution is -2.43. The second-order valence-corrected chi connectivity index (χ2v) is 5.19. The second kappa shape index (κ2) is 4.35. The van der Waals surface area contributed by atoms with Crippen molar-refractivity contribution in [3.8, 4) is 0 Å². The van der Waals surface area contributed by atoms with Crippen LogP contribution in [0.1, 0.15) is 24.7 Å². The molecule has 1 aromatic rings. The summed E-state index contributed by atoms with van der Waals surface area (Å²) in [5.74, 6) is 0. The molecule has 0 aromatic carbocycles. The molecule has 5 heteroatoms. The Kier molecular flexibility index (Phi) is 3.24. The number of nitrogens with one attached hydrogen (secondary N) is 2. The van der Waals surface area contributed by atoms with Crippen molar-refractivity contribution in [1.29, 1.82) is 0 Å². The molecule has 16 heavy (non-hydrogen) atoms. The highest BCUT2D eigenvalue weighted by atomic mass is 35.5. The third kappa shape index (κ3) is 2.24. The predicted octanol–water partition coefficient (Wildman–Crippen LogP) is 1.22. The van der Waals surface area contributed by atoms with Crippen molar-refractivity contribution in [1.82, 2.24) is 20.4 Å². The fourth-order valence-electron chi connectivity index (χ4n) is 2.14. The van der Waals surface area contributed by atoms with Gasteiger partial charge in [0.1, 0.15) is 0 Å². The molecule has 0 bridgehead atoms. The van der Waals surface area contributed by atoms with Gasteiger partial charge in [-0.25, -0.2) is 0 Å². The molecule has 0 spiro atoms. The van der Waals surface area contributed by atoms with Crippen molar-refractivity contribution in [2.45, 2.75) is 32.4 Å². The molecule has 1 saturated heterocycles. The third-order valence-corrected chi connectivity index (χ3v) is 3.80.